The Hall–Kier alpha value is -1.27. The molecule has 3 unspecified atom stereocenters. The number of halogens is 1. The fraction of sp³-hybridized carbons (Fsp3) is 0.562. The van der Waals surface area contributed by atoms with Crippen LogP contribution in [-0.4, -0.2) is 23.3 Å². The zero-order valence-corrected chi connectivity index (χ0v) is 14.3. The van der Waals surface area contributed by atoms with Crippen LogP contribution in [0.4, 0.5) is 0 Å². The van der Waals surface area contributed by atoms with Crippen molar-refractivity contribution in [3.8, 4) is 11.5 Å². The van der Waals surface area contributed by atoms with Crippen LogP contribution in [0.2, 0.25) is 0 Å². The van der Waals surface area contributed by atoms with E-state index in [-0.39, 0.29) is 24.7 Å². The van der Waals surface area contributed by atoms with E-state index in [9.17, 15) is 4.79 Å². The first-order valence-electron chi connectivity index (χ1n) is 7.56. The molecule has 0 spiro atoms. The van der Waals surface area contributed by atoms with Gasteiger partial charge in [-0.1, -0.05) is 0 Å². The fourth-order valence-corrected chi connectivity index (χ4v) is 3.98. The molecule has 0 fully saturated rings. The number of carboxylic acids is 1. The summed E-state index contributed by atoms with van der Waals surface area (Å²) < 4.78 is 12.9. The van der Waals surface area contributed by atoms with Crippen molar-refractivity contribution in [1.29, 1.82) is 0 Å². The number of hydrogen-bond donors (Lipinski definition) is 2. The first-order chi connectivity index (χ1) is 10.4. The lowest BCUT2D eigenvalue weighted by molar-refractivity contribution is -0.137. The number of ether oxygens (including phenoxy) is 2. The van der Waals surface area contributed by atoms with Crippen LogP contribution in [0.3, 0.4) is 0 Å². The van der Waals surface area contributed by atoms with Crippen molar-refractivity contribution in [3.63, 3.8) is 0 Å². The minimum Gasteiger partial charge on any atom is -0.490 e. The van der Waals surface area contributed by atoms with Crippen LogP contribution >= 0.6 is 15.9 Å². The molecule has 0 amide bonds. The predicted molar refractivity (Wildman–Crippen MR) is 85.5 cm³/mol. The number of aliphatic carboxylic acids is 1. The molecule has 0 aromatic heterocycles. The van der Waals surface area contributed by atoms with Crippen molar-refractivity contribution in [2.45, 2.75) is 57.8 Å². The number of carboxylic acid groups (broad SMARTS) is 1. The van der Waals surface area contributed by atoms with Gasteiger partial charge >= 0.3 is 5.97 Å². The van der Waals surface area contributed by atoms with Crippen LogP contribution in [0.5, 0.6) is 11.5 Å². The molecule has 2 heterocycles. The van der Waals surface area contributed by atoms with Gasteiger partial charge in [0.05, 0.1) is 4.47 Å². The molecule has 0 saturated carbocycles. The van der Waals surface area contributed by atoms with Crippen LogP contribution in [-0.2, 0) is 17.6 Å². The summed E-state index contributed by atoms with van der Waals surface area (Å²) in [5.74, 6) is 0.846. The van der Waals surface area contributed by atoms with E-state index in [1.807, 2.05) is 13.8 Å². The Bertz CT molecular complexity index is 592. The van der Waals surface area contributed by atoms with Crippen molar-refractivity contribution < 1.29 is 19.4 Å². The number of carbonyl (C=O) groups is 1. The monoisotopic (exact) mass is 369 g/mol. The zero-order chi connectivity index (χ0) is 16.0. The van der Waals surface area contributed by atoms with Gasteiger partial charge in [0.25, 0.3) is 0 Å². The van der Waals surface area contributed by atoms with Crippen molar-refractivity contribution in [2.75, 3.05) is 0 Å². The molecule has 120 valence electrons. The molecule has 3 rings (SSSR count). The number of fused-ring (bicyclic) bond motifs is 2. The molecule has 22 heavy (non-hydrogen) atoms. The van der Waals surface area contributed by atoms with Crippen molar-refractivity contribution in [3.05, 3.63) is 21.2 Å². The van der Waals surface area contributed by atoms with Crippen LogP contribution in [0.15, 0.2) is 4.47 Å². The third-order valence-electron chi connectivity index (χ3n) is 4.24. The summed E-state index contributed by atoms with van der Waals surface area (Å²) in [5, 5.41) is 8.91. The molecule has 3 atom stereocenters. The maximum Gasteiger partial charge on any atom is 0.303 e. The lowest BCUT2D eigenvalue weighted by atomic mass is 9.91. The van der Waals surface area contributed by atoms with Gasteiger partial charge in [-0.15, -0.1) is 0 Å². The Balaban J connectivity index is 2.07. The first-order valence-corrected chi connectivity index (χ1v) is 8.35. The van der Waals surface area contributed by atoms with Crippen LogP contribution in [0.25, 0.3) is 0 Å². The Morgan fingerprint density at radius 2 is 1.86 bits per heavy atom. The van der Waals surface area contributed by atoms with Gasteiger partial charge in [-0.3, -0.25) is 4.79 Å². The molecular formula is C16H20BrNO4. The Kier molecular flexibility index (Phi) is 4.07. The highest BCUT2D eigenvalue weighted by Gasteiger charge is 2.36. The maximum atomic E-state index is 10.8. The second-order valence-electron chi connectivity index (χ2n) is 6.15. The second-order valence-corrected chi connectivity index (χ2v) is 6.94. The van der Waals surface area contributed by atoms with Gasteiger partial charge in [0.15, 0.2) is 0 Å². The van der Waals surface area contributed by atoms with Gasteiger partial charge in [0.2, 0.25) is 0 Å². The third-order valence-corrected chi connectivity index (χ3v) is 5.08. The van der Waals surface area contributed by atoms with E-state index in [1.54, 1.807) is 0 Å². The standard InChI is InChI=1S/C16H20BrNO4/c1-7-5-9-13(11(18)3-4-12(19)20)15-10(6-8(2)21-15)14(17)16(9)22-7/h7-8,11H,3-6,18H2,1-2H3,(H,19,20). The van der Waals surface area contributed by atoms with Crippen LogP contribution in [0.1, 0.15) is 49.4 Å². The maximum absolute atomic E-state index is 10.8. The molecule has 0 radical (unpaired) electrons. The van der Waals surface area contributed by atoms with Crippen LogP contribution < -0.4 is 15.2 Å². The smallest absolute Gasteiger partial charge is 0.303 e. The summed E-state index contributed by atoms with van der Waals surface area (Å²) in [6.45, 7) is 4.04. The fourth-order valence-electron chi connectivity index (χ4n) is 3.31. The quantitative estimate of drug-likeness (QED) is 0.852. The topological polar surface area (TPSA) is 81.8 Å². The summed E-state index contributed by atoms with van der Waals surface area (Å²) in [4.78, 5) is 10.8. The number of nitrogens with two attached hydrogens (primary N) is 1. The Labute approximate surface area is 137 Å². The SMILES string of the molecule is CC1Cc2c(c(Br)c3c(c2C(N)CCC(=O)O)OC(C)C3)O1. The minimum atomic E-state index is -0.834. The van der Waals surface area contributed by atoms with Crippen molar-refractivity contribution in [2.24, 2.45) is 5.73 Å². The molecule has 1 aromatic carbocycles. The zero-order valence-electron chi connectivity index (χ0n) is 12.7. The molecule has 1 aromatic rings. The van der Waals surface area contributed by atoms with Gasteiger partial charge in [0, 0.05) is 42.0 Å². The predicted octanol–water partition coefficient (Wildman–Crippen LogP) is 2.96. The summed E-state index contributed by atoms with van der Waals surface area (Å²) in [5.41, 5.74) is 9.39. The molecule has 6 heteroatoms. The van der Waals surface area contributed by atoms with E-state index >= 15 is 0 Å². The van der Waals surface area contributed by atoms with E-state index in [2.05, 4.69) is 15.9 Å². The van der Waals surface area contributed by atoms with E-state index in [0.717, 1.165) is 45.5 Å². The molecular weight excluding hydrogens is 350 g/mol. The largest absolute Gasteiger partial charge is 0.490 e. The van der Waals surface area contributed by atoms with E-state index < -0.39 is 5.97 Å². The molecule has 3 N–H and O–H groups in total. The van der Waals surface area contributed by atoms with E-state index in [0.29, 0.717) is 6.42 Å². The van der Waals surface area contributed by atoms with Gasteiger partial charge in [-0.2, -0.15) is 0 Å². The Morgan fingerprint density at radius 1 is 1.27 bits per heavy atom. The lowest BCUT2D eigenvalue weighted by Gasteiger charge is -2.20. The normalized spacial score (nSPS) is 23.5. The third kappa shape index (κ3) is 2.58. The lowest BCUT2D eigenvalue weighted by Crippen LogP contribution is -2.16. The van der Waals surface area contributed by atoms with Gasteiger partial charge in [-0.25, -0.2) is 0 Å². The average Bonchev–Trinajstić information content (AvgIpc) is 2.99. The second kappa shape index (κ2) is 5.74. The number of rotatable bonds is 4. The molecule has 2 aliphatic heterocycles. The van der Waals surface area contributed by atoms with Gasteiger partial charge in [0.1, 0.15) is 23.7 Å². The summed E-state index contributed by atoms with van der Waals surface area (Å²) in [7, 11) is 0. The van der Waals surface area contributed by atoms with Gasteiger partial charge in [-0.05, 0) is 36.2 Å². The molecule has 5 nitrogen and oxygen atoms in total. The summed E-state index contributed by atoms with van der Waals surface area (Å²) in [6.07, 6.45) is 2.21. The number of hydrogen-bond acceptors (Lipinski definition) is 4. The molecule has 0 saturated heterocycles. The first kappa shape index (κ1) is 15.6. The molecule has 0 bridgehead atoms. The number of benzene rings is 1. The Morgan fingerprint density at radius 3 is 2.50 bits per heavy atom. The highest BCUT2D eigenvalue weighted by Crippen LogP contribution is 2.51. The van der Waals surface area contributed by atoms with E-state index in [1.165, 1.54) is 0 Å². The van der Waals surface area contributed by atoms with Gasteiger partial charge < -0.3 is 20.3 Å². The highest BCUT2D eigenvalue weighted by molar-refractivity contribution is 9.10. The van der Waals surface area contributed by atoms with E-state index in [4.69, 9.17) is 20.3 Å². The molecule has 0 aliphatic carbocycles. The molecule has 2 aliphatic rings. The van der Waals surface area contributed by atoms with Crippen molar-refractivity contribution >= 4 is 21.9 Å². The van der Waals surface area contributed by atoms with Crippen LogP contribution in [0, 0.1) is 0 Å². The van der Waals surface area contributed by atoms with Crippen molar-refractivity contribution in [1.82, 2.24) is 0 Å². The highest BCUT2D eigenvalue weighted by atomic mass is 79.9. The minimum absolute atomic E-state index is 0.0484. The summed E-state index contributed by atoms with van der Waals surface area (Å²) >= 11 is 3.64. The average molecular weight is 370 g/mol. The summed E-state index contributed by atoms with van der Waals surface area (Å²) in [6, 6.07) is -0.356.